The Hall–Kier alpha value is -4.25. The molecule has 4 aromatic carbocycles. The molecule has 0 saturated heterocycles. The zero-order valence-electron chi connectivity index (χ0n) is 16.2. The van der Waals surface area contributed by atoms with Crippen LogP contribution in [0.3, 0.4) is 0 Å². The van der Waals surface area contributed by atoms with Crippen molar-refractivity contribution >= 4 is 11.2 Å². The molecule has 0 amide bonds. The fourth-order valence-electron chi connectivity index (χ4n) is 4.90. The molecular formula is C26H16O5. The maximum Gasteiger partial charge on any atom is 0.519 e. The monoisotopic (exact) mass is 408 g/mol. The van der Waals surface area contributed by atoms with E-state index in [9.17, 15) is 15.0 Å². The fourth-order valence-corrected chi connectivity index (χ4v) is 4.90. The second kappa shape index (κ2) is 6.12. The van der Waals surface area contributed by atoms with Crippen LogP contribution in [0, 0.1) is 0 Å². The smallest absolute Gasteiger partial charge is 0.508 e. The number of rotatable bonds is 2. The Morgan fingerprint density at radius 1 is 0.645 bits per heavy atom. The number of phenolic OH excluding ortho intramolecular Hbond substituents is 2. The van der Waals surface area contributed by atoms with Crippen molar-refractivity contribution in [3.63, 3.8) is 0 Å². The molecule has 5 heteroatoms. The van der Waals surface area contributed by atoms with Gasteiger partial charge in [0.1, 0.15) is 11.5 Å². The third-order valence-corrected chi connectivity index (χ3v) is 6.10. The van der Waals surface area contributed by atoms with Crippen LogP contribution in [0.4, 0.5) is 0 Å². The van der Waals surface area contributed by atoms with Gasteiger partial charge in [0.2, 0.25) is 0 Å². The Morgan fingerprint density at radius 3 is 1.90 bits per heavy atom. The summed E-state index contributed by atoms with van der Waals surface area (Å²) in [5.41, 5.74) is 5.46. The molecule has 1 aliphatic carbocycles. The van der Waals surface area contributed by atoms with Gasteiger partial charge in [0.25, 0.3) is 0 Å². The minimum atomic E-state index is -0.841. The van der Waals surface area contributed by atoms with Crippen LogP contribution in [0.25, 0.3) is 22.3 Å². The summed E-state index contributed by atoms with van der Waals surface area (Å²) in [6.07, 6.45) is 0. The number of phenols is 2. The van der Waals surface area contributed by atoms with Gasteiger partial charge >= 0.3 is 5.82 Å². The Bertz CT molecular complexity index is 1460. The molecule has 0 unspecified atom stereocenters. The van der Waals surface area contributed by atoms with E-state index in [0.29, 0.717) is 11.2 Å². The molecule has 2 N–H and O–H groups in total. The lowest BCUT2D eigenvalue weighted by Gasteiger charge is -2.33. The van der Waals surface area contributed by atoms with Crippen LogP contribution in [0.15, 0.2) is 98.6 Å². The molecule has 5 aromatic rings. The maximum absolute atomic E-state index is 12.0. The second-order valence-electron chi connectivity index (χ2n) is 7.66. The van der Waals surface area contributed by atoms with Gasteiger partial charge in [-0.3, -0.25) is 0 Å². The summed E-state index contributed by atoms with van der Waals surface area (Å²) in [5.74, 6) is -0.446. The quantitative estimate of drug-likeness (QED) is 0.413. The van der Waals surface area contributed by atoms with Crippen molar-refractivity contribution in [3.8, 4) is 22.6 Å². The van der Waals surface area contributed by atoms with Crippen LogP contribution in [0.1, 0.15) is 22.3 Å². The Labute approximate surface area is 176 Å². The van der Waals surface area contributed by atoms with Gasteiger partial charge in [0.05, 0.1) is 5.41 Å². The average Bonchev–Trinajstić information content (AvgIpc) is 3.30. The van der Waals surface area contributed by atoms with Crippen LogP contribution >= 0.6 is 0 Å². The van der Waals surface area contributed by atoms with Crippen molar-refractivity contribution in [2.45, 2.75) is 5.41 Å². The second-order valence-corrected chi connectivity index (χ2v) is 7.66. The first-order valence-electron chi connectivity index (χ1n) is 9.85. The van der Waals surface area contributed by atoms with Crippen LogP contribution in [0.5, 0.6) is 11.5 Å². The lowest BCUT2D eigenvalue weighted by atomic mass is 9.67. The van der Waals surface area contributed by atoms with E-state index < -0.39 is 11.2 Å². The highest BCUT2D eigenvalue weighted by atomic mass is 16.6. The standard InChI is InChI=1S/C26H16O5/c27-17-9-5-15(6-10-17)26(16-7-11-18(28)12-8-16)21-4-2-1-3-19(21)20-13-14-22-24(23(20)26)31-25(29)30-22/h1-14,27-28H. The first kappa shape index (κ1) is 17.6. The average molecular weight is 408 g/mol. The molecular weight excluding hydrogens is 392 g/mol. The van der Waals surface area contributed by atoms with Gasteiger partial charge in [-0.15, -0.1) is 0 Å². The molecule has 5 nitrogen and oxygen atoms in total. The predicted octanol–water partition coefficient (Wildman–Crippen LogP) is 5.16. The lowest BCUT2D eigenvalue weighted by Crippen LogP contribution is -2.28. The minimum absolute atomic E-state index is 0.157. The van der Waals surface area contributed by atoms with E-state index >= 15 is 0 Å². The summed E-state index contributed by atoms with van der Waals surface area (Å²) >= 11 is 0. The van der Waals surface area contributed by atoms with Gasteiger partial charge in [-0.25, -0.2) is 4.79 Å². The van der Waals surface area contributed by atoms with E-state index in [1.54, 1.807) is 30.3 Å². The Balaban J connectivity index is 1.86. The number of aromatic hydroxyl groups is 2. The Morgan fingerprint density at radius 2 is 1.26 bits per heavy atom. The molecule has 6 rings (SSSR count). The third-order valence-electron chi connectivity index (χ3n) is 6.10. The van der Waals surface area contributed by atoms with Crippen molar-refractivity contribution in [3.05, 3.63) is 118 Å². The minimum Gasteiger partial charge on any atom is -0.508 e. The van der Waals surface area contributed by atoms with Crippen molar-refractivity contribution in [1.82, 2.24) is 0 Å². The van der Waals surface area contributed by atoms with E-state index in [1.807, 2.05) is 48.5 Å². The molecule has 0 radical (unpaired) electrons. The first-order valence-corrected chi connectivity index (χ1v) is 9.85. The normalized spacial score (nSPS) is 13.8. The highest BCUT2D eigenvalue weighted by Crippen LogP contribution is 2.58. The van der Waals surface area contributed by atoms with Crippen molar-refractivity contribution in [2.24, 2.45) is 0 Å². The van der Waals surface area contributed by atoms with E-state index in [-0.39, 0.29) is 11.5 Å². The topological polar surface area (TPSA) is 83.8 Å². The van der Waals surface area contributed by atoms with Crippen LogP contribution in [-0.2, 0) is 5.41 Å². The summed E-state index contributed by atoms with van der Waals surface area (Å²) in [7, 11) is 0. The van der Waals surface area contributed by atoms with E-state index in [4.69, 9.17) is 8.83 Å². The molecule has 0 atom stereocenters. The molecule has 0 fully saturated rings. The lowest BCUT2D eigenvalue weighted by molar-refractivity contribution is 0.408. The number of hydrogen-bond donors (Lipinski definition) is 2. The molecule has 31 heavy (non-hydrogen) atoms. The van der Waals surface area contributed by atoms with Gasteiger partial charge < -0.3 is 19.0 Å². The molecule has 150 valence electrons. The van der Waals surface area contributed by atoms with Gasteiger partial charge in [0, 0.05) is 5.56 Å². The number of hydrogen-bond acceptors (Lipinski definition) is 5. The van der Waals surface area contributed by atoms with E-state index in [2.05, 4.69) is 6.07 Å². The van der Waals surface area contributed by atoms with Crippen molar-refractivity contribution in [1.29, 1.82) is 0 Å². The summed E-state index contributed by atoms with van der Waals surface area (Å²) < 4.78 is 10.9. The molecule has 0 saturated carbocycles. The van der Waals surface area contributed by atoms with Gasteiger partial charge in [0.15, 0.2) is 11.2 Å². The highest BCUT2D eigenvalue weighted by Gasteiger charge is 2.48. The molecule has 0 spiro atoms. The third kappa shape index (κ3) is 2.28. The zero-order chi connectivity index (χ0) is 21.2. The fraction of sp³-hybridized carbons (Fsp3) is 0.0385. The van der Waals surface area contributed by atoms with E-state index in [0.717, 1.165) is 33.4 Å². The molecule has 0 aliphatic heterocycles. The first-order chi connectivity index (χ1) is 15.1. The van der Waals surface area contributed by atoms with Crippen LogP contribution in [-0.4, -0.2) is 10.2 Å². The molecule has 1 aliphatic rings. The highest BCUT2D eigenvalue weighted by molar-refractivity contribution is 5.95. The predicted molar refractivity (Wildman–Crippen MR) is 115 cm³/mol. The van der Waals surface area contributed by atoms with Gasteiger partial charge in [-0.2, -0.15) is 0 Å². The largest absolute Gasteiger partial charge is 0.519 e. The van der Waals surface area contributed by atoms with Crippen molar-refractivity contribution in [2.75, 3.05) is 0 Å². The van der Waals surface area contributed by atoms with Gasteiger partial charge in [-0.1, -0.05) is 54.6 Å². The summed E-state index contributed by atoms with van der Waals surface area (Å²) in [5, 5.41) is 19.9. The van der Waals surface area contributed by atoms with Crippen LogP contribution < -0.4 is 5.82 Å². The van der Waals surface area contributed by atoms with Crippen LogP contribution in [0.2, 0.25) is 0 Å². The summed E-state index contributed by atoms with van der Waals surface area (Å²) in [6, 6.07) is 25.8. The van der Waals surface area contributed by atoms with E-state index in [1.165, 1.54) is 0 Å². The molecule has 0 bridgehead atoms. The molecule has 1 heterocycles. The number of benzene rings is 4. The maximum atomic E-state index is 12.0. The summed E-state index contributed by atoms with van der Waals surface area (Å²) in [4.78, 5) is 12.0. The SMILES string of the molecule is O=c1oc2ccc3c(c2o1)C(c1ccc(O)cc1)(c1ccc(O)cc1)c1ccccc1-3. The molecule has 1 aromatic heterocycles. The number of fused-ring (bicyclic) bond motifs is 5. The van der Waals surface area contributed by atoms with Crippen molar-refractivity contribution < 1.29 is 19.0 Å². The zero-order valence-corrected chi connectivity index (χ0v) is 16.2. The summed E-state index contributed by atoms with van der Waals surface area (Å²) in [6.45, 7) is 0. The van der Waals surface area contributed by atoms with Gasteiger partial charge in [-0.05, 0) is 58.1 Å². The Kier molecular flexibility index (Phi) is 3.48.